The van der Waals surface area contributed by atoms with Gasteiger partial charge in [-0.05, 0) is 13.8 Å². The van der Waals surface area contributed by atoms with Gasteiger partial charge in [0.1, 0.15) is 5.60 Å². The van der Waals surface area contributed by atoms with Gasteiger partial charge in [-0.25, -0.2) is 8.78 Å². The van der Waals surface area contributed by atoms with Gasteiger partial charge in [-0.3, -0.25) is 4.79 Å². The van der Waals surface area contributed by atoms with Crippen LogP contribution in [0.2, 0.25) is 0 Å². The maximum absolute atomic E-state index is 12.9. The quantitative estimate of drug-likeness (QED) is 0.690. The van der Waals surface area contributed by atoms with Crippen LogP contribution in [0.25, 0.3) is 0 Å². The average molecular weight is 196 g/mol. The molecule has 0 aliphatic rings. The summed E-state index contributed by atoms with van der Waals surface area (Å²) in [7, 11) is 0. The fraction of sp³-hybridized carbons (Fsp3) is 0.875. The maximum atomic E-state index is 12.9. The number of carbonyl (C=O) groups is 1. The second kappa shape index (κ2) is 4.00. The largest absolute Gasteiger partial charge is 0.466 e. The number of halogens is 2. The highest BCUT2D eigenvalue weighted by Gasteiger charge is 2.44. The molecule has 0 amide bonds. The summed E-state index contributed by atoms with van der Waals surface area (Å²) in [4.78, 5) is 10.2. The minimum absolute atomic E-state index is 0.383. The molecule has 0 atom stereocenters. The number of hydrogen-bond acceptors (Lipinski definition) is 3. The Balaban J connectivity index is 3.97. The third kappa shape index (κ3) is 4.17. The first-order chi connectivity index (χ1) is 5.67. The van der Waals surface area contributed by atoms with Crippen molar-refractivity contribution in [1.29, 1.82) is 0 Å². The lowest BCUT2D eigenvalue weighted by atomic mass is 9.98. The van der Waals surface area contributed by atoms with Gasteiger partial charge in [0, 0.05) is 13.3 Å². The highest BCUT2D eigenvalue weighted by Crippen LogP contribution is 2.31. The molecule has 3 nitrogen and oxygen atoms in total. The van der Waals surface area contributed by atoms with Crippen LogP contribution < -0.4 is 0 Å². The second-order valence-corrected chi connectivity index (χ2v) is 3.35. The molecular formula is C8H14F2O3. The number of ether oxygens (including phenoxy) is 1. The van der Waals surface area contributed by atoms with Crippen LogP contribution in [0.5, 0.6) is 0 Å². The van der Waals surface area contributed by atoms with Crippen molar-refractivity contribution in [1.82, 2.24) is 0 Å². The van der Waals surface area contributed by atoms with Crippen molar-refractivity contribution < 1.29 is 23.4 Å². The topological polar surface area (TPSA) is 46.5 Å². The normalized spacial score (nSPS) is 12.8. The molecule has 0 spiro atoms. The van der Waals surface area contributed by atoms with Crippen LogP contribution in [0.4, 0.5) is 8.78 Å². The van der Waals surface area contributed by atoms with E-state index in [0.29, 0.717) is 0 Å². The molecule has 0 bridgehead atoms. The zero-order valence-electron chi connectivity index (χ0n) is 7.93. The number of alkyl halides is 2. The van der Waals surface area contributed by atoms with E-state index in [1.165, 1.54) is 0 Å². The maximum Gasteiger partial charge on any atom is 0.302 e. The summed E-state index contributed by atoms with van der Waals surface area (Å²) in [6.07, 6.45) is -0.671. The second-order valence-electron chi connectivity index (χ2n) is 3.35. The van der Waals surface area contributed by atoms with Gasteiger partial charge in [-0.15, -0.1) is 0 Å². The molecule has 0 saturated carbocycles. The zero-order chi connectivity index (χ0) is 10.7. The van der Waals surface area contributed by atoms with Gasteiger partial charge in [0.05, 0.1) is 6.61 Å². The Morgan fingerprint density at radius 1 is 1.46 bits per heavy atom. The van der Waals surface area contributed by atoms with Gasteiger partial charge < -0.3 is 9.84 Å². The number of rotatable bonds is 4. The van der Waals surface area contributed by atoms with E-state index in [1.54, 1.807) is 0 Å². The van der Waals surface area contributed by atoms with Gasteiger partial charge in [-0.2, -0.15) is 0 Å². The monoisotopic (exact) mass is 196 g/mol. The summed E-state index contributed by atoms with van der Waals surface area (Å²) in [6.45, 7) is 2.79. The Kier molecular flexibility index (Phi) is 3.78. The van der Waals surface area contributed by atoms with Crippen molar-refractivity contribution in [2.75, 3.05) is 6.61 Å². The molecule has 1 N–H and O–H groups in total. The lowest BCUT2D eigenvalue weighted by Crippen LogP contribution is -2.43. The van der Waals surface area contributed by atoms with Gasteiger partial charge >= 0.3 is 5.97 Å². The van der Waals surface area contributed by atoms with E-state index in [2.05, 4.69) is 4.74 Å². The summed E-state index contributed by atoms with van der Waals surface area (Å²) in [5.41, 5.74) is -2.09. The van der Waals surface area contributed by atoms with E-state index in [9.17, 15) is 13.6 Å². The van der Waals surface area contributed by atoms with Crippen molar-refractivity contribution in [2.24, 2.45) is 0 Å². The number of esters is 1. The molecule has 0 radical (unpaired) electrons. The predicted octanol–water partition coefficient (Wildman–Crippen LogP) is 1.35. The molecule has 0 aromatic rings. The Labute approximate surface area is 75.7 Å². The minimum atomic E-state index is -3.25. The molecule has 0 fully saturated rings. The van der Waals surface area contributed by atoms with E-state index in [4.69, 9.17) is 5.11 Å². The molecule has 0 unspecified atom stereocenters. The van der Waals surface area contributed by atoms with Crippen molar-refractivity contribution in [3.8, 4) is 0 Å². The van der Waals surface area contributed by atoms with E-state index < -0.39 is 23.9 Å². The highest BCUT2D eigenvalue weighted by atomic mass is 19.3. The highest BCUT2D eigenvalue weighted by molar-refractivity contribution is 5.65. The van der Waals surface area contributed by atoms with Gasteiger partial charge in [0.15, 0.2) is 0 Å². The molecule has 0 aromatic heterocycles. The van der Waals surface area contributed by atoms with Crippen LogP contribution in [0.3, 0.4) is 0 Å². The molecule has 0 aromatic carbocycles. The SMILES string of the molecule is CC(=O)OCCC(F)(F)C(C)(C)O. The van der Waals surface area contributed by atoms with Crippen LogP contribution in [-0.2, 0) is 9.53 Å². The van der Waals surface area contributed by atoms with Crippen LogP contribution in [0.15, 0.2) is 0 Å². The summed E-state index contributed by atoms with van der Waals surface area (Å²) in [5.74, 6) is -3.85. The minimum Gasteiger partial charge on any atom is -0.466 e. The van der Waals surface area contributed by atoms with Crippen LogP contribution in [0.1, 0.15) is 27.2 Å². The third-order valence-electron chi connectivity index (χ3n) is 1.62. The Hall–Kier alpha value is -0.710. The van der Waals surface area contributed by atoms with Gasteiger partial charge in [-0.1, -0.05) is 0 Å². The molecule has 0 saturated heterocycles. The fourth-order valence-corrected chi connectivity index (χ4v) is 0.629. The molecule has 0 aliphatic carbocycles. The Morgan fingerprint density at radius 2 is 1.92 bits per heavy atom. The van der Waals surface area contributed by atoms with E-state index in [1.807, 2.05) is 0 Å². The van der Waals surface area contributed by atoms with Gasteiger partial charge in [0.2, 0.25) is 0 Å². The first kappa shape index (κ1) is 12.3. The van der Waals surface area contributed by atoms with Crippen LogP contribution in [0, 0.1) is 0 Å². The lowest BCUT2D eigenvalue weighted by molar-refractivity contribution is -0.175. The van der Waals surface area contributed by atoms with E-state index in [0.717, 1.165) is 20.8 Å². The van der Waals surface area contributed by atoms with Crippen LogP contribution in [-0.4, -0.2) is 29.2 Å². The summed E-state index contributed by atoms with van der Waals surface area (Å²) < 4.78 is 30.2. The predicted molar refractivity (Wildman–Crippen MR) is 42.5 cm³/mol. The van der Waals surface area contributed by atoms with Crippen molar-refractivity contribution in [3.05, 3.63) is 0 Å². The van der Waals surface area contributed by atoms with Crippen molar-refractivity contribution in [2.45, 2.75) is 38.7 Å². The summed E-state index contributed by atoms with van der Waals surface area (Å²) in [6, 6.07) is 0. The van der Waals surface area contributed by atoms with Crippen LogP contribution >= 0.6 is 0 Å². The molecular weight excluding hydrogens is 182 g/mol. The molecule has 0 heterocycles. The molecule has 0 rings (SSSR count). The lowest BCUT2D eigenvalue weighted by Gasteiger charge is -2.28. The number of hydrogen-bond donors (Lipinski definition) is 1. The van der Waals surface area contributed by atoms with E-state index in [-0.39, 0.29) is 6.61 Å². The fourth-order valence-electron chi connectivity index (χ4n) is 0.629. The number of carbonyl (C=O) groups excluding carboxylic acids is 1. The zero-order valence-corrected chi connectivity index (χ0v) is 7.93. The van der Waals surface area contributed by atoms with E-state index >= 15 is 0 Å². The number of aliphatic hydroxyl groups is 1. The molecule has 13 heavy (non-hydrogen) atoms. The Morgan fingerprint density at radius 3 is 2.23 bits per heavy atom. The molecule has 78 valence electrons. The first-order valence-corrected chi connectivity index (χ1v) is 3.90. The van der Waals surface area contributed by atoms with Crippen molar-refractivity contribution >= 4 is 5.97 Å². The third-order valence-corrected chi connectivity index (χ3v) is 1.62. The summed E-state index contributed by atoms with van der Waals surface area (Å²) >= 11 is 0. The Bertz CT molecular complexity index is 184. The molecule has 5 heteroatoms. The molecule has 0 aliphatic heterocycles. The summed E-state index contributed by atoms with van der Waals surface area (Å²) in [5, 5.41) is 9.02. The van der Waals surface area contributed by atoms with Crippen molar-refractivity contribution in [3.63, 3.8) is 0 Å². The van der Waals surface area contributed by atoms with Gasteiger partial charge in [0.25, 0.3) is 5.92 Å². The standard InChI is InChI=1S/C8H14F2O3/c1-6(11)13-5-4-8(9,10)7(2,3)12/h12H,4-5H2,1-3H3. The smallest absolute Gasteiger partial charge is 0.302 e. The first-order valence-electron chi connectivity index (χ1n) is 3.90. The average Bonchev–Trinajstić information content (AvgIpc) is 1.82.